The lowest BCUT2D eigenvalue weighted by Gasteiger charge is -2.26. The van der Waals surface area contributed by atoms with Crippen LogP contribution in [0.2, 0.25) is 0 Å². The molecule has 0 aliphatic heterocycles. The van der Waals surface area contributed by atoms with Crippen LogP contribution in [0.1, 0.15) is 50.3 Å². The number of aliphatic hydroxyl groups excluding tert-OH is 1. The summed E-state index contributed by atoms with van der Waals surface area (Å²) in [4.78, 5) is 2.42. The topological polar surface area (TPSA) is 47.3 Å². The summed E-state index contributed by atoms with van der Waals surface area (Å²) in [5.74, 6) is 0.698. The van der Waals surface area contributed by atoms with E-state index >= 15 is 0 Å². The molecule has 20 heavy (non-hydrogen) atoms. The van der Waals surface area contributed by atoms with E-state index in [1.54, 1.807) is 12.1 Å². The van der Waals surface area contributed by atoms with Gasteiger partial charge in [0.1, 0.15) is 0 Å². The Morgan fingerprint density at radius 2 is 1.95 bits per heavy atom. The maximum atomic E-state index is 10.4. The molecule has 1 aromatic rings. The normalized spacial score (nSPS) is 16.4. The Morgan fingerprint density at radius 3 is 2.45 bits per heavy atom. The highest BCUT2D eigenvalue weighted by molar-refractivity contribution is 5.32. The third-order valence-electron chi connectivity index (χ3n) is 3.89. The minimum atomic E-state index is -0.462. The Balaban J connectivity index is 1.93. The monoisotopic (exact) mass is 272 g/mol. The fourth-order valence-corrected chi connectivity index (χ4v) is 2.39. The van der Waals surface area contributed by atoms with E-state index < -0.39 is 6.10 Å². The van der Waals surface area contributed by atoms with Crippen LogP contribution in [0.25, 0.3) is 0 Å². The maximum Gasteiger partial charge on any atom is 0.0991 e. The first-order chi connectivity index (χ1) is 9.60. The molecule has 1 aliphatic rings. The van der Waals surface area contributed by atoms with E-state index in [-0.39, 0.29) is 0 Å². The minimum absolute atomic E-state index is 0.462. The van der Waals surface area contributed by atoms with Crippen LogP contribution in [0.15, 0.2) is 24.3 Å². The fraction of sp³-hybridized carbons (Fsp3) is 0.588. The zero-order chi connectivity index (χ0) is 14.5. The molecule has 0 amide bonds. The zero-order valence-corrected chi connectivity index (χ0v) is 12.4. The molecule has 0 radical (unpaired) electrons. The molecule has 1 fully saturated rings. The van der Waals surface area contributed by atoms with Crippen LogP contribution in [-0.2, 0) is 0 Å². The molecular formula is C17H24N2O. The third-order valence-corrected chi connectivity index (χ3v) is 3.89. The van der Waals surface area contributed by atoms with Gasteiger partial charge in [0.05, 0.1) is 17.7 Å². The average Bonchev–Trinajstić information content (AvgIpc) is 3.27. The van der Waals surface area contributed by atoms with Gasteiger partial charge < -0.3 is 5.11 Å². The van der Waals surface area contributed by atoms with E-state index in [0.717, 1.165) is 12.1 Å². The van der Waals surface area contributed by atoms with Gasteiger partial charge in [0.2, 0.25) is 0 Å². The number of hydrogen-bond donors (Lipinski definition) is 1. The van der Waals surface area contributed by atoms with E-state index in [0.29, 0.717) is 24.1 Å². The second kappa shape index (κ2) is 6.88. The van der Waals surface area contributed by atoms with Crippen molar-refractivity contribution >= 4 is 0 Å². The molecule has 0 bridgehead atoms. The van der Waals surface area contributed by atoms with E-state index in [1.807, 2.05) is 12.1 Å². The van der Waals surface area contributed by atoms with Crippen LogP contribution >= 0.6 is 0 Å². The van der Waals surface area contributed by atoms with Gasteiger partial charge in [-0.25, -0.2) is 0 Å². The van der Waals surface area contributed by atoms with Crippen molar-refractivity contribution in [3.8, 4) is 6.07 Å². The molecule has 3 nitrogen and oxygen atoms in total. The maximum absolute atomic E-state index is 10.4. The molecule has 0 aromatic heterocycles. The quantitative estimate of drug-likeness (QED) is 0.829. The van der Waals surface area contributed by atoms with Gasteiger partial charge >= 0.3 is 0 Å². The van der Waals surface area contributed by atoms with Crippen LogP contribution < -0.4 is 0 Å². The summed E-state index contributed by atoms with van der Waals surface area (Å²) in [6.07, 6.45) is 3.24. The van der Waals surface area contributed by atoms with E-state index in [2.05, 4.69) is 24.8 Å². The third kappa shape index (κ3) is 4.33. The lowest BCUT2D eigenvalue weighted by Crippen LogP contribution is -2.32. The molecule has 0 spiro atoms. The molecule has 108 valence electrons. The molecular weight excluding hydrogens is 248 g/mol. The van der Waals surface area contributed by atoms with Gasteiger partial charge in [-0.1, -0.05) is 26.0 Å². The van der Waals surface area contributed by atoms with Crippen molar-refractivity contribution in [1.29, 1.82) is 5.26 Å². The second-order valence-corrected chi connectivity index (χ2v) is 6.16. The predicted octanol–water partition coefficient (Wildman–Crippen LogP) is 3.10. The van der Waals surface area contributed by atoms with Crippen molar-refractivity contribution in [3.05, 3.63) is 35.4 Å². The summed E-state index contributed by atoms with van der Waals surface area (Å²) in [6, 6.07) is 10.0. The molecule has 0 saturated heterocycles. The van der Waals surface area contributed by atoms with Gasteiger partial charge in [-0.15, -0.1) is 0 Å². The SMILES string of the molecule is CC(C)CCN(CC(O)c1ccc(C#N)cc1)C1CC1. The van der Waals surface area contributed by atoms with E-state index in [1.165, 1.54) is 19.3 Å². The summed E-state index contributed by atoms with van der Waals surface area (Å²) >= 11 is 0. The van der Waals surface area contributed by atoms with Crippen LogP contribution in [0.5, 0.6) is 0 Å². The first-order valence-corrected chi connectivity index (χ1v) is 7.52. The highest BCUT2D eigenvalue weighted by Gasteiger charge is 2.30. The van der Waals surface area contributed by atoms with Crippen LogP contribution in [0, 0.1) is 17.2 Å². The molecule has 1 atom stereocenters. The van der Waals surface area contributed by atoms with Gasteiger partial charge in [0, 0.05) is 12.6 Å². The molecule has 1 saturated carbocycles. The highest BCUT2D eigenvalue weighted by atomic mass is 16.3. The molecule has 1 unspecified atom stereocenters. The molecule has 1 aromatic carbocycles. The van der Waals surface area contributed by atoms with Crippen molar-refractivity contribution in [3.63, 3.8) is 0 Å². The first-order valence-electron chi connectivity index (χ1n) is 7.52. The molecule has 2 rings (SSSR count). The zero-order valence-electron chi connectivity index (χ0n) is 12.4. The van der Waals surface area contributed by atoms with Crippen molar-refractivity contribution in [2.45, 2.75) is 45.3 Å². The standard InChI is InChI=1S/C17H24N2O/c1-13(2)9-10-19(16-7-8-16)12-17(20)15-5-3-14(11-18)4-6-15/h3-6,13,16-17,20H,7-10,12H2,1-2H3. The van der Waals surface area contributed by atoms with Gasteiger partial charge in [-0.3, -0.25) is 4.90 Å². The highest BCUT2D eigenvalue weighted by Crippen LogP contribution is 2.29. The number of nitriles is 1. The van der Waals surface area contributed by atoms with Gasteiger partial charge in [0.15, 0.2) is 0 Å². The summed E-state index contributed by atoms with van der Waals surface area (Å²) in [7, 11) is 0. The minimum Gasteiger partial charge on any atom is -0.387 e. The number of aliphatic hydroxyl groups is 1. The summed E-state index contributed by atoms with van der Waals surface area (Å²) < 4.78 is 0. The predicted molar refractivity (Wildman–Crippen MR) is 80.2 cm³/mol. The van der Waals surface area contributed by atoms with Crippen molar-refractivity contribution in [2.24, 2.45) is 5.92 Å². The number of hydrogen-bond acceptors (Lipinski definition) is 3. The van der Waals surface area contributed by atoms with Crippen molar-refractivity contribution < 1.29 is 5.11 Å². The Hall–Kier alpha value is -1.37. The Morgan fingerprint density at radius 1 is 1.30 bits per heavy atom. The Kier molecular flexibility index (Phi) is 5.17. The van der Waals surface area contributed by atoms with Crippen molar-refractivity contribution in [2.75, 3.05) is 13.1 Å². The Bertz CT molecular complexity index is 457. The molecule has 1 N–H and O–H groups in total. The smallest absolute Gasteiger partial charge is 0.0991 e. The fourth-order valence-electron chi connectivity index (χ4n) is 2.39. The number of nitrogens with zero attached hydrogens (tertiary/aromatic N) is 2. The van der Waals surface area contributed by atoms with E-state index in [9.17, 15) is 5.11 Å². The van der Waals surface area contributed by atoms with Crippen LogP contribution in [0.4, 0.5) is 0 Å². The Labute approximate surface area is 121 Å². The van der Waals surface area contributed by atoms with Crippen LogP contribution in [-0.4, -0.2) is 29.1 Å². The lowest BCUT2D eigenvalue weighted by molar-refractivity contribution is 0.105. The molecule has 0 heterocycles. The first kappa shape index (κ1) is 15.0. The molecule has 1 aliphatic carbocycles. The summed E-state index contributed by atoms with van der Waals surface area (Å²) in [6.45, 7) is 6.24. The van der Waals surface area contributed by atoms with Gasteiger partial charge in [-0.05, 0) is 49.4 Å². The number of benzene rings is 1. The molecule has 3 heteroatoms. The summed E-state index contributed by atoms with van der Waals surface area (Å²) in [5.41, 5.74) is 1.54. The van der Waals surface area contributed by atoms with E-state index in [4.69, 9.17) is 5.26 Å². The van der Waals surface area contributed by atoms with Crippen molar-refractivity contribution in [1.82, 2.24) is 4.90 Å². The largest absolute Gasteiger partial charge is 0.387 e. The summed E-state index contributed by atoms with van der Waals surface area (Å²) in [5, 5.41) is 19.2. The lowest BCUT2D eigenvalue weighted by atomic mass is 10.1. The second-order valence-electron chi connectivity index (χ2n) is 6.16. The van der Waals surface area contributed by atoms with Crippen LogP contribution in [0.3, 0.4) is 0 Å². The van der Waals surface area contributed by atoms with Gasteiger partial charge in [-0.2, -0.15) is 5.26 Å². The van der Waals surface area contributed by atoms with Gasteiger partial charge in [0.25, 0.3) is 0 Å². The number of rotatable bonds is 7. The average molecular weight is 272 g/mol.